The molecule has 1 heterocycles. The van der Waals surface area contributed by atoms with Gasteiger partial charge in [-0.3, -0.25) is 0 Å². The van der Waals surface area contributed by atoms with Gasteiger partial charge in [-0.1, -0.05) is 18.2 Å². The molecular weight excluding hydrogens is 325 g/mol. The van der Waals surface area contributed by atoms with Crippen LogP contribution in [-0.2, 0) is 0 Å². The van der Waals surface area contributed by atoms with E-state index >= 15 is 0 Å². The van der Waals surface area contributed by atoms with E-state index in [1.807, 2.05) is 0 Å². The molecule has 4 N–H and O–H groups in total. The number of aliphatic hydroxyl groups is 1. The summed E-state index contributed by atoms with van der Waals surface area (Å²) in [4.78, 5) is 12.2. The van der Waals surface area contributed by atoms with Crippen molar-refractivity contribution in [1.82, 2.24) is 20.7 Å². The number of carbonyl (C=O) groups excluding carboxylic acids is 1. The lowest BCUT2D eigenvalue weighted by atomic mass is 10.0. The zero-order chi connectivity index (χ0) is 18.0. The van der Waals surface area contributed by atoms with Gasteiger partial charge in [0.15, 0.2) is 0 Å². The third-order valence-electron chi connectivity index (χ3n) is 3.96. The van der Waals surface area contributed by atoms with Gasteiger partial charge in [-0.05, 0) is 43.2 Å². The normalized spacial score (nSPS) is 13.4. The van der Waals surface area contributed by atoms with Crippen molar-refractivity contribution in [2.24, 2.45) is 0 Å². The van der Waals surface area contributed by atoms with E-state index in [-0.39, 0.29) is 0 Å². The number of halogens is 1. The maximum Gasteiger partial charge on any atom is 0.319 e. The van der Waals surface area contributed by atoms with Gasteiger partial charge in [0.05, 0.1) is 17.8 Å². The predicted molar refractivity (Wildman–Crippen MR) is 91.6 cm³/mol. The number of benzene rings is 2. The summed E-state index contributed by atoms with van der Waals surface area (Å²) < 4.78 is 13.6. The van der Waals surface area contributed by atoms with E-state index in [2.05, 4.69) is 26.0 Å². The Kier molecular flexibility index (Phi) is 4.62. The van der Waals surface area contributed by atoms with Crippen molar-refractivity contribution in [2.75, 3.05) is 5.32 Å². The second-order valence-corrected chi connectivity index (χ2v) is 5.84. The number of aryl methyl sites for hydroxylation is 1. The highest BCUT2D eigenvalue weighted by Crippen LogP contribution is 2.21. The molecule has 2 atom stereocenters. The first-order valence-corrected chi connectivity index (χ1v) is 7.77. The van der Waals surface area contributed by atoms with Crippen molar-refractivity contribution in [1.29, 1.82) is 0 Å². The standard InChI is InChI=1S/C17H18FN5O2/c1-9-6-7-11(8-12(9)18)16(24)10(2)19-17(25)20-13-4-3-5-14-15(13)22-23-21-14/h3-8,10,16,24H,1-2H3,(H2,19,20,25)(H,21,22,23). The molecule has 0 saturated carbocycles. The van der Waals surface area contributed by atoms with Crippen LogP contribution in [0.25, 0.3) is 11.0 Å². The lowest BCUT2D eigenvalue weighted by Crippen LogP contribution is -2.39. The molecule has 8 heteroatoms. The number of hydrogen-bond acceptors (Lipinski definition) is 4. The van der Waals surface area contributed by atoms with Gasteiger partial charge in [0.25, 0.3) is 0 Å². The monoisotopic (exact) mass is 343 g/mol. The average molecular weight is 343 g/mol. The molecule has 0 radical (unpaired) electrons. The minimum atomic E-state index is -1.04. The highest BCUT2D eigenvalue weighted by Gasteiger charge is 2.20. The molecule has 130 valence electrons. The Balaban J connectivity index is 1.67. The molecule has 0 aliphatic heterocycles. The zero-order valence-electron chi connectivity index (χ0n) is 13.7. The third kappa shape index (κ3) is 3.58. The van der Waals surface area contributed by atoms with Crippen LogP contribution < -0.4 is 10.6 Å². The minimum Gasteiger partial charge on any atom is -0.386 e. The molecular formula is C17H18FN5O2. The second-order valence-electron chi connectivity index (χ2n) is 5.84. The fourth-order valence-electron chi connectivity index (χ4n) is 2.49. The highest BCUT2D eigenvalue weighted by atomic mass is 19.1. The van der Waals surface area contributed by atoms with Crippen LogP contribution in [0.4, 0.5) is 14.9 Å². The van der Waals surface area contributed by atoms with Crippen molar-refractivity contribution in [3.8, 4) is 0 Å². The Hall–Kier alpha value is -3.00. The molecule has 0 aliphatic carbocycles. The Bertz CT molecular complexity index is 911. The van der Waals surface area contributed by atoms with Crippen LogP contribution in [0.2, 0.25) is 0 Å². The molecule has 3 rings (SSSR count). The number of fused-ring (bicyclic) bond motifs is 1. The summed E-state index contributed by atoms with van der Waals surface area (Å²) >= 11 is 0. The number of aliphatic hydroxyl groups excluding tert-OH is 1. The van der Waals surface area contributed by atoms with Gasteiger partial charge in [0.1, 0.15) is 16.9 Å². The number of nitrogens with zero attached hydrogens (tertiary/aromatic N) is 2. The van der Waals surface area contributed by atoms with Crippen molar-refractivity contribution in [3.63, 3.8) is 0 Å². The molecule has 0 saturated heterocycles. The topological polar surface area (TPSA) is 103 Å². The van der Waals surface area contributed by atoms with Crippen LogP contribution >= 0.6 is 0 Å². The SMILES string of the molecule is Cc1ccc(C(O)C(C)NC(=O)Nc2cccc3n[nH]nc23)cc1F. The number of hydrogen-bond donors (Lipinski definition) is 4. The van der Waals surface area contributed by atoms with Crippen molar-refractivity contribution >= 4 is 22.8 Å². The number of rotatable bonds is 4. The number of nitrogens with one attached hydrogen (secondary N) is 3. The fraction of sp³-hybridized carbons (Fsp3) is 0.235. The van der Waals surface area contributed by atoms with E-state index in [1.54, 1.807) is 44.2 Å². The summed E-state index contributed by atoms with van der Waals surface area (Å²) in [6.07, 6.45) is -1.04. The van der Waals surface area contributed by atoms with Gasteiger partial charge in [-0.25, -0.2) is 9.18 Å². The fourth-order valence-corrected chi connectivity index (χ4v) is 2.49. The quantitative estimate of drug-likeness (QED) is 0.585. The van der Waals surface area contributed by atoms with E-state index in [0.29, 0.717) is 27.8 Å². The summed E-state index contributed by atoms with van der Waals surface area (Å²) in [7, 11) is 0. The lowest BCUT2D eigenvalue weighted by molar-refractivity contribution is 0.139. The molecule has 7 nitrogen and oxygen atoms in total. The number of para-hydroxylation sites is 1. The van der Waals surface area contributed by atoms with E-state index in [4.69, 9.17) is 0 Å². The lowest BCUT2D eigenvalue weighted by Gasteiger charge is -2.21. The number of urea groups is 1. The molecule has 25 heavy (non-hydrogen) atoms. The van der Waals surface area contributed by atoms with Gasteiger partial charge < -0.3 is 15.7 Å². The van der Waals surface area contributed by atoms with Crippen molar-refractivity contribution in [2.45, 2.75) is 26.0 Å². The molecule has 3 aromatic rings. The molecule has 1 aromatic heterocycles. The third-order valence-corrected chi connectivity index (χ3v) is 3.96. The molecule has 0 fully saturated rings. The van der Waals surface area contributed by atoms with E-state index < -0.39 is 24.0 Å². The van der Waals surface area contributed by atoms with Crippen LogP contribution in [0.5, 0.6) is 0 Å². The number of carbonyl (C=O) groups is 1. The molecule has 2 aromatic carbocycles. The smallest absolute Gasteiger partial charge is 0.319 e. The van der Waals surface area contributed by atoms with E-state index in [0.717, 1.165) is 0 Å². The van der Waals surface area contributed by atoms with Gasteiger partial charge in [0.2, 0.25) is 0 Å². The molecule has 0 bridgehead atoms. The first kappa shape index (κ1) is 16.8. The number of anilines is 1. The van der Waals surface area contributed by atoms with E-state index in [9.17, 15) is 14.3 Å². The van der Waals surface area contributed by atoms with Crippen LogP contribution in [0, 0.1) is 12.7 Å². The number of H-pyrrole nitrogens is 1. The maximum absolute atomic E-state index is 13.6. The van der Waals surface area contributed by atoms with Crippen molar-refractivity contribution in [3.05, 3.63) is 53.3 Å². The van der Waals surface area contributed by atoms with Gasteiger partial charge >= 0.3 is 6.03 Å². The number of amides is 2. The zero-order valence-corrected chi connectivity index (χ0v) is 13.7. The van der Waals surface area contributed by atoms with E-state index in [1.165, 1.54) is 6.07 Å². The first-order valence-electron chi connectivity index (χ1n) is 7.77. The van der Waals surface area contributed by atoms with Gasteiger partial charge in [-0.15, -0.1) is 0 Å². The van der Waals surface area contributed by atoms with Gasteiger partial charge in [-0.2, -0.15) is 15.4 Å². The van der Waals surface area contributed by atoms with Crippen LogP contribution in [-0.4, -0.2) is 32.6 Å². The Labute approximate surface area is 143 Å². The Morgan fingerprint density at radius 1 is 1.28 bits per heavy atom. The average Bonchev–Trinajstić information content (AvgIpc) is 3.06. The summed E-state index contributed by atoms with van der Waals surface area (Å²) in [6, 6.07) is 8.57. The number of aromatic nitrogens is 3. The summed E-state index contributed by atoms with van der Waals surface area (Å²) in [5.41, 5.74) is 2.55. The van der Waals surface area contributed by atoms with Gasteiger partial charge in [0, 0.05) is 0 Å². The highest BCUT2D eigenvalue weighted by molar-refractivity contribution is 5.98. The summed E-state index contributed by atoms with van der Waals surface area (Å²) in [6.45, 7) is 3.28. The molecule has 2 unspecified atom stereocenters. The molecule has 0 spiro atoms. The molecule has 2 amide bonds. The number of aromatic amines is 1. The van der Waals surface area contributed by atoms with Crippen LogP contribution in [0.1, 0.15) is 24.2 Å². The van der Waals surface area contributed by atoms with Crippen LogP contribution in [0.3, 0.4) is 0 Å². The second kappa shape index (κ2) is 6.86. The Morgan fingerprint density at radius 2 is 2.08 bits per heavy atom. The molecule has 0 aliphatic rings. The van der Waals surface area contributed by atoms with Crippen LogP contribution in [0.15, 0.2) is 36.4 Å². The Morgan fingerprint density at radius 3 is 2.84 bits per heavy atom. The first-order chi connectivity index (χ1) is 12.0. The minimum absolute atomic E-state index is 0.397. The summed E-state index contributed by atoms with van der Waals surface area (Å²) in [5.74, 6) is -0.397. The largest absolute Gasteiger partial charge is 0.386 e. The summed E-state index contributed by atoms with van der Waals surface area (Å²) in [5, 5.41) is 26.1. The van der Waals surface area contributed by atoms with Crippen molar-refractivity contribution < 1.29 is 14.3 Å². The maximum atomic E-state index is 13.6. The predicted octanol–water partition coefficient (Wildman–Crippen LogP) is 2.65.